The molecule has 0 aromatic carbocycles. The van der Waals surface area contributed by atoms with Crippen LogP contribution >= 0.6 is 0 Å². The van der Waals surface area contributed by atoms with Crippen molar-refractivity contribution in [2.24, 2.45) is 0 Å². The van der Waals surface area contributed by atoms with Crippen LogP contribution in [0.25, 0.3) is 0 Å². The first kappa shape index (κ1) is 16.4. The Morgan fingerprint density at radius 1 is 1.21 bits per heavy atom. The highest BCUT2D eigenvalue weighted by Crippen LogP contribution is 2.12. The van der Waals surface area contributed by atoms with Gasteiger partial charge in [0.2, 0.25) is 0 Å². The largest absolute Gasteiger partial charge is 0.480 e. The minimum atomic E-state index is -0.867. The van der Waals surface area contributed by atoms with Crippen molar-refractivity contribution >= 4 is 5.97 Å². The van der Waals surface area contributed by atoms with Crippen LogP contribution in [0.3, 0.4) is 0 Å². The molecule has 1 fully saturated rings. The topological polar surface area (TPSA) is 55.8 Å². The van der Waals surface area contributed by atoms with Crippen molar-refractivity contribution in [2.75, 3.05) is 32.7 Å². The summed E-state index contributed by atoms with van der Waals surface area (Å²) >= 11 is 0. The number of nitrogens with zero attached hydrogens (tertiary/aromatic N) is 2. The molecule has 0 radical (unpaired) electrons. The van der Waals surface area contributed by atoms with Gasteiger partial charge in [-0.3, -0.25) is 19.9 Å². The van der Waals surface area contributed by atoms with E-state index in [9.17, 15) is 9.90 Å². The van der Waals surface area contributed by atoms with Gasteiger partial charge >= 0.3 is 5.97 Å². The van der Waals surface area contributed by atoms with E-state index in [1.807, 2.05) is 13.8 Å². The number of aliphatic carboxylic acids is 1. The molecule has 1 aliphatic rings. The van der Waals surface area contributed by atoms with E-state index < -0.39 is 11.5 Å². The Bertz CT molecular complexity index is 299. The number of carboxylic acid groups (broad SMARTS) is 1. The fraction of sp³-hybridized carbons (Fsp3) is 0.929. The van der Waals surface area contributed by atoms with Crippen LogP contribution in [0.4, 0.5) is 0 Å². The number of carboxylic acids is 1. The van der Waals surface area contributed by atoms with Crippen LogP contribution in [0, 0.1) is 0 Å². The molecule has 19 heavy (non-hydrogen) atoms. The summed E-state index contributed by atoms with van der Waals surface area (Å²) in [6.07, 6.45) is 0. The van der Waals surface area contributed by atoms with Gasteiger partial charge in [0.1, 0.15) is 5.54 Å². The molecule has 0 amide bonds. The van der Waals surface area contributed by atoms with Gasteiger partial charge in [-0.2, -0.15) is 0 Å². The summed E-state index contributed by atoms with van der Waals surface area (Å²) in [5, 5.41) is 12.6. The van der Waals surface area contributed by atoms with Crippen LogP contribution in [-0.2, 0) is 4.79 Å². The van der Waals surface area contributed by atoms with E-state index in [2.05, 4.69) is 29.0 Å². The molecule has 1 heterocycles. The lowest BCUT2D eigenvalue weighted by Gasteiger charge is -2.40. The molecule has 5 nitrogen and oxygen atoms in total. The Morgan fingerprint density at radius 3 is 2.11 bits per heavy atom. The van der Waals surface area contributed by atoms with Crippen LogP contribution in [0.2, 0.25) is 0 Å². The maximum atomic E-state index is 11.5. The smallest absolute Gasteiger partial charge is 0.324 e. The quantitative estimate of drug-likeness (QED) is 0.750. The SMILES string of the molecule is CC(C)NC(C)(CN1CCN(C(C)C)CC1)C(=O)O. The molecule has 0 saturated carbocycles. The first-order valence-corrected chi connectivity index (χ1v) is 7.22. The molecular formula is C14H29N3O2. The van der Waals surface area contributed by atoms with E-state index in [-0.39, 0.29) is 6.04 Å². The zero-order valence-electron chi connectivity index (χ0n) is 12.9. The lowest BCUT2D eigenvalue weighted by atomic mass is 10.00. The fourth-order valence-corrected chi connectivity index (χ4v) is 2.70. The van der Waals surface area contributed by atoms with Gasteiger partial charge in [0, 0.05) is 44.8 Å². The van der Waals surface area contributed by atoms with E-state index in [1.54, 1.807) is 6.92 Å². The van der Waals surface area contributed by atoms with Gasteiger partial charge in [-0.05, 0) is 34.6 Å². The van der Waals surface area contributed by atoms with Crippen LogP contribution in [0.15, 0.2) is 0 Å². The van der Waals surface area contributed by atoms with Crippen molar-refractivity contribution in [1.82, 2.24) is 15.1 Å². The Kier molecular flexibility index (Phi) is 5.77. The van der Waals surface area contributed by atoms with Crippen molar-refractivity contribution in [3.05, 3.63) is 0 Å². The number of carbonyl (C=O) groups is 1. The predicted octanol–water partition coefficient (Wildman–Crippen LogP) is 0.854. The van der Waals surface area contributed by atoms with Gasteiger partial charge in [0.25, 0.3) is 0 Å². The lowest BCUT2D eigenvalue weighted by molar-refractivity contribution is -0.145. The molecular weight excluding hydrogens is 242 g/mol. The lowest BCUT2D eigenvalue weighted by Crippen LogP contribution is -2.61. The third kappa shape index (κ3) is 4.75. The standard InChI is InChI=1S/C14H29N3O2/c1-11(2)15-14(5,13(18)19)10-16-6-8-17(9-7-16)12(3)4/h11-12,15H,6-10H2,1-5H3,(H,18,19). The van der Waals surface area contributed by atoms with Crippen LogP contribution < -0.4 is 5.32 Å². The molecule has 0 spiro atoms. The van der Waals surface area contributed by atoms with Crippen molar-refractivity contribution < 1.29 is 9.90 Å². The maximum absolute atomic E-state index is 11.5. The van der Waals surface area contributed by atoms with Crippen LogP contribution in [-0.4, -0.2) is 71.2 Å². The normalized spacial score (nSPS) is 21.8. The van der Waals surface area contributed by atoms with Gasteiger partial charge in [-0.25, -0.2) is 0 Å². The summed E-state index contributed by atoms with van der Waals surface area (Å²) in [6, 6.07) is 0.736. The molecule has 1 aliphatic heterocycles. The van der Waals surface area contributed by atoms with Crippen molar-refractivity contribution in [2.45, 2.75) is 52.2 Å². The number of piperazine rings is 1. The number of hydrogen-bond donors (Lipinski definition) is 2. The average Bonchev–Trinajstić information content (AvgIpc) is 2.28. The van der Waals surface area contributed by atoms with E-state index in [0.717, 1.165) is 26.2 Å². The average molecular weight is 271 g/mol. The first-order chi connectivity index (χ1) is 8.74. The molecule has 1 saturated heterocycles. The summed E-state index contributed by atoms with van der Waals surface area (Å²) < 4.78 is 0. The highest BCUT2D eigenvalue weighted by atomic mass is 16.4. The second-order valence-corrected chi connectivity index (χ2v) is 6.34. The monoisotopic (exact) mass is 271 g/mol. The second kappa shape index (κ2) is 6.68. The van der Waals surface area contributed by atoms with Gasteiger partial charge in [-0.15, -0.1) is 0 Å². The van der Waals surface area contributed by atoms with Gasteiger partial charge < -0.3 is 5.11 Å². The number of nitrogens with one attached hydrogen (secondary N) is 1. The summed E-state index contributed by atoms with van der Waals surface area (Å²) in [4.78, 5) is 16.2. The van der Waals surface area contributed by atoms with Gasteiger partial charge in [0.05, 0.1) is 0 Å². The summed E-state index contributed by atoms with van der Waals surface area (Å²) in [6.45, 7) is 14.7. The molecule has 1 unspecified atom stereocenters. The summed E-state index contributed by atoms with van der Waals surface area (Å²) in [5.41, 5.74) is -0.867. The molecule has 0 aromatic rings. The fourth-order valence-electron chi connectivity index (χ4n) is 2.70. The highest BCUT2D eigenvalue weighted by Gasteiger charge is 2.36. The molecule has 2 N–H and O–H groups in total. The van der Waals surface area contributed by atoms with Gasteiger partial charge in [-0.1, -0.05) is 0 Å². The number of rotatable bonds is 6. The second-order valence-electron chi connectivity index (χ2n) is 6.34. The Morgan fingerprint density at radius 2 is 1.74 bits per heavy atom. The van der Waals surface area contributed by atoms with E-state index >= 15 is 0 Å². The Hall–Kier alpha value is -0.650. The molecule has 0 aromatic heterocycles. The van der Waals surface area contributed by atoms with E-state index in [0.29, 0.717) is 12.6 Å². The van der Waals surface area contributed by atoms with Gasteiger partial charge in [0.15, 0.2) is 0 Å². The van der Waals surface area contributed by atoms with Crippen molar-refractivity contribution in [3.8, 4) is 0 Å². The molecule has 0 bridgehead atoms. The molecule has 1 rings (SSSR count). The third-order valence-corrected chi connectivity index (χ3v) is 3.76. The minimum absolute atomic E-state index is 0.165. The zero-order chi connectivity index (χ0) is 14.6. The molecule has 1 atom stereocenters. The summed E-state index contributed by atoms with van der Waals surface area (Å²) in [7, 11) is 0. The summed E-state index contributed by atoms with van der Waals surface area (Å²) in [5.74, 6) is -0.771. The third-order valence-electron chi connectivity index (χ3n) is 3.76. The van der Waals surface area contributed by atoms with E-state index in [4.69, 9.17) is 0 Å². The van der Waals surface area contributed by atoms with Crippen LogP contribution in [0.1, 0.15) is 34.6 Å². The minimum Gasteiger partial charge on any atom is -0.480 e. The van der Waals surface area contributed by atoms with E-state index in [1.165, 1.54) is 0 Å². The highest BCUT2D eigenvalue weighted by molar-refractivity contribution is 5.78. The first-order valence-electron chi connectivity index (χ1n) is 7.22. The zero-order valence-corrected chi connectivity index (χ0v) is 12.9. The number of hydrogen-bond acceptors (Lipinski definition) is 4. The Balaban J connectivity index is 2.55. The van der Waals surface area contributed by atoms with Crippen molar-refractivity contribution in [1.29, 1.82) is 0 Å². The molecule has 0 aliphatic carbocycles. The molecule has 5 heteroatoms. The van der Waals surface area contributed by atoms with Crippen LogP contribution in [0.5, 0.6) is 0 Å². The molecule has 112 valence electrons. The maximum Gasteiger partial charge on any atom is 0.324 e. The van der Waals surface area contributed by atoms with Crippen molar-refractivity contribution in [3.63, 3.8) is 0 Å². The Labute approximate surface area is 117 Å². The predicted molar refractivity (Wildman–Crippen MR) is 77.5 cm³/mol.